The van der Waals surface area contributed by atoms with Crippen molar-refractivity contribution in [3.05, 3.63) is 0 Å². The Bertz CT molecular complexity index is 239. The number of imide groups is 1. The Labute approximate surface area is 113 Å². The van der Waals surface area contributed by atoms with Crippen LogP contribution in [0.25, 0.3) is 0 Å². The molecule has 0 spiro atoms. The van der Waals surface area contributed by atoms with Gasteiger partial charge in [-0.05, 0) is 33.6 Å². The normalized spacial score (nSPS) is 11.4. The van der Waals surface area contributed by atoms with E-state index in [4.69, 9.17) is 4.74 Å². The van der Waals surface area contributed by atoms with E-state index in [0.29, 0.717) is 13.0 Å². The van der Waals surface area contributed by atoms with Crippen molar-refractivity contribution in [2.45, 2.75) is 43.0 Å². The smallest absolute Gasteiger partial charge is 0.416 e. The second-order valence-corrected chi connectivity index (χ2v) is 7.75. The van der Waals surface area contributed by atoms with Gasteiger partial charge in [0.2, 0.25) is 6.41 Å². The second kappa shape index (κ2) is 7.27. The maximum absolute atomic E-state index is 11.5. The summed E-state index contributed by atoms with van der Waals surface area (Å²) < 4.78 is 5.28. The van der Waals surface area contributed by atoms with E-state index in [9.17, 15) is 9.59 Å². The average Bonchev–Trinajstić information content (AvgIpc) is 2.08. The first-order valence-electron chi connectivity index (χ1n) is 4.99. The summed E-state index contributed by atoms with van der Waals surface area (Å²) >= 11 is 6.65. The van der Waals surface area contributed by atoms with Gasteiger partial charge in [-0.2, -0.15) is 0 Å². The Morgan fingerprint density at radius 1 is 1.44 bits per heavy atom. The van der Waals surface area contributed by atoms with Crippen molar-refractivity contribution in [2.75, 3.05) is 6.54 Å². The minimum absolute atomic E-state index is 0.201. The Hall–Kier alpha value is -0.100. The molecule has 0 aliphatic rings. The van der Waals surface area contributed by atoms with Crippen LogP contribution in [0.15, 0.2) is 0 Å². The monoisotopic (exact) mass is 357 g/mol. The van der Waals surface area contributed by atoms with Gasteiger partial charge in [0.1, 0.15) is 5.60 Å². The van der Waals surface area contributed by atoms with Crippen LogP contribution in [0.1, 0.15) is 33.6 Å². The Balaban J connectivity index is 4.08. The van der Waals surface area contributed by atoms with Crippen molar-refractivity contribution in [3.8, 4) is 0 Å². The van der Waals surface area contributed by atoms with E-state index in [1.165, 1.54) is 0 Å². The number of hydrogen-bond donors (Lipinski definition) is 0. The molecule has 0 aliphatic heterocycles. The van der Waals surface area contributed by atoms with Crippen LogP contribution in [0.3, 0.4) is 0 Å². The van der Waals surface area contributed by atoms with Gasteiger partial charge in [0, 0.05) is 6.54 Å². The van der Waals surface area contributed by atoms with Crippen molar-refractivity contribution in [3.63, 3.8) is 0 Å². The summed E-state index contributed by atoms with van der Waals surface area (Å²) in [6.07, 6.45) is 1.46. The summed E-state index contributed by atoms with van der Waals surface area (Å²) in [6, 6.07) is 0. The summed E-state index contributed by atoms with van der Waals surface area (Å²) in [5.74, 6) is 0. The fourth-order valence-corrected chi connectivity index (χ4v) is 1.57. The molecular weight excluding hydrogens is 342 g/mol. The van der Waals surface area contributed by atoms with Crippen LogP contribution in [0.4, 0.5) is 4.79 Å². The zero-order valence-corrected chi connectivity index (χ0v) is 12.9. The van der Waals surface area contributed by atoms with Crippen LogP contribution < -0.4 is 0 Å². The van der Waals surface area contributed by atoms with Crippen molar-refractivity contribution < 1.29 is 14.3 Å². The van der Waals surface area contributed by atoms with Gasteiger partial charge >= 0.3 is 6.09 Å². The molecule has 6 heteroatoms. The minimum atomic E-state index is -0.594. The predicted octanol–water partition coefficient (Wildman–Crippen LogP) is 3.28. The van der Waals surface area contributed by atoms with E-state index in [1.807, 2.05) is 0 Å². The third kappa shape index (κ3) is 8.10. The van der Waals surface area contributed by atoms with Crippen molar-refractivity contribution in [1.29, 1.82) is 0 Å². The van der Waals surface area contributed by atoms with E-state index < -0.39 is 11.7 Å². The molecule has 4 nitrogen and oxygen atoms in total. The van der Waals surface area contributed by atoms with Crippen molar-refractivity contribution in [2.24, 2.45) is 0 Å². The quantitative estimate of drug-likeness (QED) is 0.559. The third-order valence-electron chi connectivity index (χ3n) is 1.58. The molecule has 0 fully saturated rings. The molecule has 0 aliphatic carbocycles. The molecule has 0 saturated carbocycles. The summed E-state index contributed by atoms with van der Waals surface area (Å²) in [7, 11) is 0. The Morgan fingerprint density at radius 3 is 2.38 bits per heavy atom. The van der Waals surface area contributed by atoms with E-state index in [1.54, 1.807) is 20.8 Å². The lowest BCUT2D eigenvalue weighted by Gasteiger charge is -2.23. The minimum Gasteiger partial charge on any atom is -0.443 e. The SMILES string of the molecule is CC(C)(C)OC(=O)N(C=O)CCCC(Br)Br. The van der Waals surface area contributed by atoms with Crippen molar-refractivity contribution >= 4 is 44.4 Å². The fourth-order valence-electron chi connectivity index (χ4n) is 0.924. The summed E-state index contributed by atoms with van der Waals surface area (Å²) in [5, 5.41) is 0. The van der Waals surface area contributed by atoms with Crippen LogP contribution in [-0.4, -0.2) is 33.3 Å². The van der Waals surface area contributed by atoms with Crippen LogP contribution in [-0.2, 0) is 9.53 Å². The van der Waals surface area contributed by atoms with Crippen LogP contribution in [0, 0.1) is 0 Å². The highest BCUT2D eigenvalue weighted by Crippen LogP contribution is 2.15. The number of hydrogen-bond acceptors (Lipinski definition) is 3. The Morgan fingerprint density at radius 2 is 2.00 bits per heavy atom. The van der Waals surface area contributed by atoms with Crippen LogP contribution in [0.5, 0.6) is 0 Å². The average molecular weight is 359 g/mol. The van der Waals surface area contributed by atoms with Crippen LogP contribution in [0.2, 0.25) is 0 Å². The molecule has 2 amide bonds. The zero-order chi connectivity index (χ0) is 12.8. The molecule has 0 aromatic carbocycles. The highest BCUT2D eigenvalue weighted by atomic mass is 79.9. The molecule has 0 aromatic heterocycles. The third-order valence-corrected chi connectivity index (χ3v) is 2.49. The number of ether oxygens (including phenoxy) is 1. The van der Waals surface area contributed by atoms with Gasteiger partial charge < -0.3 is 4.74 Å². The summed E-state index contributed by atoms with van der Waals surface area (Å²) in [4.78, 5) is 23.3. The van der Waals surface area contributed by atoms with Gasteiger partial charge in [-0.25, -0.2) is 4.79 Å². The highest BCUT2D eigenvalue weighted by Gasteiger charge is 2.21. The maximum Gasteiger partial charge on any atom is 0.416 e. The van der Waals surface area contributed by atoms with E-state index in [0.717, 1.165) is 17.7 Å². The first-order chi connectivity index (χ1) is 7.26. The first kappa shape index (κ1) is 15.9. The van der Waals surface area contributed by atoms with E-state index >= 15 is 0 Å². The number of amides is 2. The van der Waals surface area contributed by atoms with Gasteiger partial charge in [0.15, 0.2) is 0 Å². The van der Waals surface area contributed by atoms with E-state index in [2.05, 4.69) is 31.9 Å². The number of rotatable bonds is 5. The first-order valence-corrected chi connectivity index (χ1v) is 6.82. The predicted molar refractivity (Wildman–Crippen MR) is 69.9 cm³/mol. The lowest BCUT2D eigenvalue weighted by molar-refractivity contribution is -0.117. The Kier molecular flexibility index (Phi) is 7.22. The largest absolute Gasteiger partial charge is 0.443 e. The van der Waals surface area contributed by atoms with Gasteiger partial charge in [0.05, 0.1) is 3.74 Å². The second-order valence-electron chi connectivity index (χ2n) is 4.31. The molecule has 0 heterocycles. The van der Waals surface area contributed by atoms with E-state index in [-0.39, 0.29) is 3.74 Å². The standard InChI is InChI=1S/C10H17Br2NO3/c1-10(2,3)16-9(15)13(7-14)6-4-5-8(11)12/h7-8H,4-6H2,1-3H3. The lowest BCUT2D eigenvalue weighted by Crippen LogP contribution is -2.36. The highest BCUT2D eigenvalue weighted by molar-refractivity contribution is 9.24. The molecule has 0 rings (SSSR count). The van der Waals surface area contributed by atoms with Crippen molar-refractivity contribution in [1.82, 2.24) is 4.90 Å². The number of alkyl halides is 2. The molecule has 0 unspecified atom stereocenters. The maximum atomic E-state index is 11.5. The van der Waals surface area contributed by atoms with Gasteiger partial charge in [-0.15, -0.1) is 0 Å². The van der Waals surface area contributed by atoms with Gasteiger partial charge in [-0.3, -0.25) is 9.69 Å². The summed E-state index contributed by atoms with van der Waals surface area (Å²) in [6.45, 7) is 5.66. The van der Waals surface area contributed by atoms with Gasteiger partial charge in [-0.1, -0.05) is 31.9 Å². The summed E-state index contributed by atoms with van der Waals surface area (Å²) in [5.41, 5.74) is -0.578. The molecule has 16 heavy (non-hydrogen) atoms. The number of carbonyl (C=O) groups excluding carboxylic acids is 2. The molecule has 0 saturated heterocycles. The lowest BCUT2D eigenvalue weighted by atomic mass is 10.2. The number of halogens is 2. The molecule has 0 atom stereocenters. The fraction of sp³-hybridized carbons (Fsp3) is 0.800. The molecular formula is C10H17Br2NO3. The molecule has 0 aromatic rings. The molecule has 94 valence electrons. The molecule has 0 bridgehead atoms. The number of carbonyl (C=O) groups is 2. The van der Waals surface area contributed by atoms with Gasteiger partial charge in [0.25, 0.3) is 0 Å². The number of nitrogens with zero attached hydrogens (tertiary/aromatic N) is 1. The van der Waals surface area contributed by atoms with Crippen LogP contribution >= 0.6 is 31.9 Å². The zero-order valence-electron chi connectivity index (χ0n) is 9.70. The molecule has 0 radical (unpaired) electrons. The molecule has 0 N–H and O–H groups in total. The topological polar surface area (TPSA) is 46.6 Å².